The van der Waals surface area contributed by atoms with Gasteiger partial charge in [-0.2, -0.15) is 0 Å². The zero-order valence-corrected chi connectivity index (χ0v) is 11.5. The fourth-order valence-corrected chi connectivity index (χ4v) is 2.01. The fraction of sp³-hybridized carbons (Fsp3) is 0.222. The maximum Gasteiger partial charge on any atom is 0.148 e. The van der Waals surface area contributed by atoms with Crippen molar-refractivity contribution in [3.63, 3.8) is 0 Å². The Balaban J connectivity index is 1.80. The SMILES string of the molecule is C#CCOc1ccccc1CNCCc1ccccc1. The van der Waals surface area contributed by atoms with Gasteiger partial charge in [0.05, 0.1) is 0 Å². The molecule has 0 aliphatic rings. The standard InChI is InChI=1S/C18H19NO/c1-2-14-20-18-11-7-6-10-17(18)15-19-13-12-16-8-4-3-5-9-16/h1,3-11,19H,12-15H2. The largest absolute Gasteiger partial charge is 0.481 e. The lowest BCUT2D eigenvalue weighted by atomic mass is 10.1. The number of rotatable bonds is 7. The lowest BCUT2D eigenvalue weighted by Gasteiger charge is -2.10. The quantitative estimate of drug-likeness (QED) is 0.614. The fourth-order valence-electron chi connectivity index (χ4n) is 2.01. The highest BCUT2D eigenvalue weighted by Gasteiger charge is 2.01. The second kappa shape index (κ2) is 8.04. The molecule has 0 aliphatic carbocycles. The van der Waals surface area contributed by atoms with Gasteiger partial charge in [-0.3, -0.25) is 0 Å². The van der Waals surface area contributed by atoms with E-state index >= 15 is 0 Å². The van der Waals surface area contributed by atoms with Gasteiger partial charge in [0.15, 0.2) is 0 Å². The molecule has 0 unspecified atom stereocenters. The molecule has 0 heterocycles. The zero-order chi connectivity index (χ0) is 14.0. The zero-order valence-electron chi connectivity index (χ0n) is 11.5. The van der Waals surface area contributed by atoms with Crippen LogP contribution >= 0.6 is 0 Å². The van der Waals surface area contributed by atoms with E-state index in [9.17, 15) is 0 Å². The van der Waals surface area contributed by atoms with Crippen LogP contribution in [0.15, 0.2) is 54.6 Å². The minimum absolute atomic E-state index is 0.307. The van der Waals surface area contributed by atoms with Crippen LogP contribution < -0.4 is 10.1 Å². The molecule has 2 heteroatoms. The van der Waals surface area contributed by atoms with Crippen molar-refractivity contribution in [2.45, 2.75) is 13.0 Å². The van der Waals surface area contributed by atoms with Crippen LogP contribution in [-0.2, 0) is 13.0 Å². The molecule has 2 rings (SSSR count). The maximum atomic E-state index is 5.53. The van der Waals surface area contributed by atoms with Gasteiger partial charge in [-0.1, -0.05) is 54.5 Å². The summed E-state index contributed by atoms with van der Waals surface area (Å²) in [6, 6.07) is 18.4. The molecule has 0 radical (unpaired) electrons. The summed E-state index contributed by atoms with van der Waals surface area (Å²) >= 11 is 0. The van der Waals surface area contributed by atoms with E-state index in [1.54, 1.807) is 0 Å². The van der Waals surface area contributed by atoms with Crippen molar-refractivity contribution in [3.8, 4) is 18.1 Å². The van der Waals surface area contributed by atoms with Crippen molar-refractivity contribution in [2.75, 3.05) is 13.2 Å². The first-order valence-corrected chi connectivity index (χ1v) is 6.79. The Bertz CT molecular complexity index is 557. The molecule has 2 aromatic carbocycles. The maximum absolute atomic E-state index is 5.53. The number of benzene rings is 2. The normalized spacial score (nSPS) is 9.95. The molecule has 0 fully saturated rings. The van der Waals surface area contributed by atoms with Crippen molar-refractivity contribution in [2.24, 2.45) is 0 Å². The summed E-state index contributed by atoms with van der Waals surface area (Å²) in [7, 11) is 0. The summed E-state index contributed by atoms with van der Waals surface area (Å²) in [5.74, 6) is 3.35. The molecule has 0 aromatic heterocycles. The number of para-hydroxylation sites is 1. The molecule has 2 aromatic rings. The third-order valence-corrected chi connectivity index (χ3v) is 3.03. The molecule has 0 atom stereocenters. The first-order valence-electron chi connectivity index (χ1n) is 6.79. The molecule has 0 bridgehead atoms. The molecule has 0 aliphatic heterocycles. The van der Waals surface area contributed by atoms with Crippen LogP contribution in [0.4, 0.5) is 0 Å². The van der Waals surface area contributed by atoms with Crippen LogP contribution in [0.25, 0.3) is 0 Å². The van der Waals surface area contributed by atoms with Crippen LogP contribution in [-0.4, -0.2) is 13.2 Å². The third-order valence-electron chi connectivity index (χ3n) is 3.03. The van der Waals surface area contributed by atoms with E-state index < -0.39 is 0 Å². The number of terminal acetylenes is 1. The Morgan fingerprint density at radius 2 is 1.75 bits per heavy atom. The lowest BCUT2D eigenvalue weighted by molar-refractivity contribution is 0.365. The van der Waals surface area contributed by atoms with Gasteiger partial charge in [0, 0.05) is 12.1 Å². The van der Waals surface area contributed by atoms with Crippen LogP contribution in [0.1, 0.15) is 11.1 Å². The lowest BCUT2D eigenvalue weighted by Crippen LogP contribution is -2.17. The summed E-state index contributed by atoms with van der Waals surface area (Å²) in [6.45, 7) is 2.03. The first-order chi connectivity index (χ1) is 9.90. The predicted octanol–water partition coefficient (Wildman–Crippen LogP) is 3.03. The Hall–Kier alpha value is -2.24. The topological polar surface area (TPSA) is 21.3 Å². The van der Waals surface area contributed by atoms with Crippen LogP contribution in [0.2, 0.25) is 0 Å². The van der Waals surface area contributed by atoms with Gasteiger partial charge in [-0.25, -0.2) is 0 Å². The van der Waals surface area contributed by atoms with E-state index in [-0.39, 0.29) is 0 Å². The van der Waals surface area contributed by atoms with Gasteiger partial charge in [0.25, 0.3) is 0 Å². The van der Waals surface area contributed by atoms with Crippen molar-refractivity contribution in [1.82, 2.24) is 5.32 Å². The summed E-state index contributed by atoms with van der Waals surface area (Å²) in [5.41, 5.74) is 2.48. The highest BCUT2D eigenvalue weighted by atomic mass is 16.5. The smallest absolute Gasteiger partial charge is 0.148 e. The first kappa shape index (κ1) is 14.2. The highest BCUT2D eigenvalue weighted by Crippen LogP contribution is 2.17. The van der Waals surface area contributed by atoms with E-state index in [2.05, 4.69) is 41.6 Å². The number of nitrogens with one attached hydrogen (secondary N) is 1. The summed E-state index contributed by atoms with van der Waals surface area (Å²) in [6.07, 6.45) is 6.24. The number of ether oxygens (including phenoxy) is 1. The number of hydrogen-bond donors (Lipinski definition) is 1. The Morgan fingerprint density at radius 1 is 1.00 bits per heavy atom. The molecule has 0 saturated heterocycles. The second-order valence-corrected chi connectivity index (χ2v) is 4.51. The van der Waals surface area contributed by atoms with Crippen molar-refractivity contribution in [3.05, 3.63) is 65.7 Å². The van der Waals surface area contributed by atoms with Crippen molar-refractivity contribution in [1.29, 1.82) is 0 Å². The van der Waals surface area contributed by atoms with Crippen LogP contribution in [0.5, 0.6) is 5.75 Å². The van der Waals surface area contributed by atoms with Gasteiger partial charge in [-0.15, -0.1) is 6.42 Å². The molecule has 102 valence electrons. The van der Waals surface area contributed by atoms with E-state index in [0.717, 1.165) is 30.8 Å². The molecule has 2 nitrogen and oxygen atoms in total. The molecule has 0 spiro atoms. The molecule has 1 N–H and O–H groups in total. The highest BCUT2D eigenvalue weighted by molar-refractivity contribution is 5.33. The predicted molar refractivity (Wildman–Crippen MR) is 82.6 cm³/mol. The van der Waals surface area contributed by atoms with E-state index in [0.29, 0.717) is 6.61 Å². The minimum atomic E-state index is 0.307. The summed E-state index contributed by atoms with van der Waals surface area (Å²) in [5, 5.41) is 3.44. The Labute approximate surface area is 120 Å². The summed E-state index contributed by atoms with van der Waals surface area (Å²) in [4.78, 5) is 0. The van der Waals surface area contributed by atoms with E-state index in [1.165, 1.54) is 5.56 Å². The van der Waals surface area contributed by atoms with Gasteiger partial charge >= 0.3 is 0 Å². The second-order valence-electron chi connectivity index (χ2n) is 4.51. The molecular weight excluding hydrogens is 246 g/mol. The average Bonchev–Trinajstić information content (AvgIpc) is 2.51. The van der Waals surface area contributed by atoms with Crippen molar-refractivity contribution >= 4 is 0 Å². The van der Waals surface area contributed by atoms with E-state index in [1.807, 2.05) is 24.3 Å². The molecule has 20 heavy (non-hydrogen) atoms. The molecule has 0 saturated carbocycles. The minimum Gasteiger partial charge on any atom is -0.481 e. The number of hydrogen-bond acceptors (Lipinski definition) is 2. The Morgan fingerprint density at radius 3 is 2.55 bits per heavy atom. The van der Waals surface area contributed by atoms with Crippen molar-refractivity contribution < 1.29 is 4.74 Å². The van der Waals surface area contributed by atoms with Crippen LogP contribution in [0.3, 0.4) is 0 Å². The average molecular weight is 265 g/mol. The van der Waals surface area contributed by atoms with Gasteiger partial charge in [0.1, 0.15) is 12.4 Å². The van der Waals surface area contributed by atoms with Gasteiger partial charge in [-0.05, 0) is 24.6 Å². The van der Waals surface area contributed by atoms with Crippen LogP contribution in [0, 0.1) is 12.3 Å². The molecule has 0 amide bonds. The van der Waals surface area contributed by atoms with Gasteiger partial charge in [0.2, 0.25) is 0 Å². The Kier molecular flexibility index (Phi) is 5.70. The summed E-state index contributed by atoms with van der Waals surface area (Å²) < 4.78 is 5.53. The molecular formula is C18H19NO. The monoisotopic (exact) mass is 265 g/mol. The van der Waals surface area contributed by atoms with Gasteiger partial charge < -0.3 is 10.1 Å². The third kappa shape index (κ3) is 4.46. The van der Waals surface area contributed by atoms with E-state index in [4.69, 9.17) is 11.2 Å².